The molecule has 1 aliphatic rings. The van der Waals surface area contributed by atoms with Gasteiger partial charge in [-0.15, -0.1) is 12.4 Å². The van der Waals surface area contributed by atoms with Crippen molar-refractivity contribution in [3.05, 3.63) is 22.2 Å². The summed E-state index contributed by atoms with van der Waals surface area (Å²) in [7, 11) is 0. The van der Waals surface area contributed by atoms with Gasteiger partial charge in [-0.25, -0.2) is 0 Å². The van der Waals surface area contributed by atoms with E-state index in [1.807, 2.05) is 19.1 Å². The lowest BCUT2D eigenvalue weighted by atomic mass is 10.1. The first-order chi connectivity index (χ1) is 9.11. The maximum Gasteiger partial charge on any atom is 0.237 e. The van der Waals surface area contributed by atoms with Crippen molar-refractivity contribution in [2.24, 2.45) is 5.73 Å². The number of benzene rings is 1. The van der Waals surface area contributed by atoms with Gasteiger partial charge in [0.2, 0.25) is 12.7 Å². The maximum atomic E-state index is 11.7. The number of ether oxygens (including phenoxy) is 2. The molecular weight excluding hydrogens is 348 g/mol. The molecule has 1 aromatic carbocycles. The number of hydrogen-bond acceptors (Lipinski definition) is 4. The third kappa shape index (κ3) is 4.01. The van der Waals surface area contributed by atoms with Gasteiger partial charge in [0.05, 0.1) is 10.5 Å². The second kappa shape index (κ2) is 7.71. The van der Waals surface area contributed by atoms with E-state index in [9.17, 15) is 4.79 Å². The molecule has 20 heavy (non-hydrogen) atoms. The van der Waals surface area contributed by atoms with Crippen LogP contribution in [0.1, 0.15) is 25.3 Å². The average molecular weight is 366 g/mol. The Labute approximate surface area is 132 Å². The Morgan fingerprint density at radius 1 is 1.50 bits per heavy atom. The monoisotopic (exact) mass is 364 g/mol. The number of hydrogen-bond donors (Lipinski definition) is 2. The van der Waals surface area contributed by atoms with E-state index in [1.165, 1.54) is 0 Å². The molecule has 1 unspecified atom stereocenters. The van der Waals surface area contributed by atoms with Crippen LogP contribution in [0.5, 0.6) is 11.5 Å². The van der Waals surface area contributed by atoms with Crippen LogP contribution in [0.2, 0.25) is 0 Å². The van der Waals surface area contributed by atoms with Crippen LogP contribution >= 0.6 is 28.3 Å². The summed E-state index contributed by atoms with van der Waals surface area (Å²) in [5.41, 5.74) is 6.68. The number of carbonyl (C=O) groups is 1. The minimum Gasteiger partial charge on any atom is -0.454 e. The number of nitrogens with two attached hydrogens (primary N) is 1. The average Bonchev–Trinajstić information content (AvgIpc) is 2.85. The van der Waals surface area contributed by atoms with Crippen LogP contribution in [-0.4, -0.2) is 18.7 Å². The molecule has 1 heterocycles. The fourth-order valence-electron chi connectivity index (χ4n) is 1.89. The molecule has 0 fully saturated rings. The zero-order valence-corrected chi connectivity index (χ0v) is 13.6. The number of halogens is 2. The topological polar surface area (TPSA) is 73.6 Å². The van der Waals surface area contributed by atoms with E-state index in [1.54, 1.807) is 0 Å². The van der Waals surface area contributed by atoms with Gasteiger partial charge in [-0.3, -0.25) is 4.79 Å². The Morgan fingerprint density at radius 2 is 2.25 bits per heavy atom. The summed E-state index contributed by atoms with van der Waals surface area (Å²) in [6, 6.07) is 3.32. The lowest BCUT2D eigenvalue weighted by Crippen LogP contribution is -2.40. The lowest BCUT2D eigenvalue weighted by molar-refractivity contribution is -0.122. The van der Waals surface area contributed by atoms with Gasteiger partial charge in [-0.05, 0) is 40.0 Å². The molecule has 0 saturated heterocycles. The van der Waals surface area contributed by atoms with Crippen LogP contribution in [0.4, 0.5) is 0 Å². The largest absolute Gasteiger partial charge is 0.454 e. The van der Waals surface area contributed by atoms with Crippen molar-refractivity contribution in [1.82, 2.24) is 5.32 Å². The molecule has 1 aliphatic heterocycles. The van der Waals surface area contributed by atoms with Crippen molar-refractivity contribution in [1.29, 1.82) is 0 Å². The van der Waals surface area contributed by atoms with Crippen LogP contribution in [0.15, 0.2) is 16.6 Å². The summed E-state index contributed by atoms with van der Waals surface area (Å²) in [4.78, 5) is 11.7. The second-order valence-corrected chi connectivity index (χ2v) is 5.28. The van der Waals surface area contributed by atoms with Gasteiger partial charge in [0.1, 0.15) is 0 Å². The Bertz CT molecular complexity index is 485. The summed E-state index contributed by atoms with van der Waals surface area (Å²) in [6.45, 7) is 2.65. The summed E-state index contributed by atoms with van der Waals surface area (Å²) in [5, 5.41) is 2.82. The molecule has 0 bridgehead atoms. The smallest absolute Gasteiger partial charge is 0.237 e. The second-order valence-electron chi connectivity index (χ2n) is 4.42. The number of nitrogens with one attached hydrogen (secondary N) is 1. The Balaban J connectivity index is 0.00000200. The highest BCUT2D eigenvalue weighted by Crippen LogP contribution is 2.39. The number of fused-ring (bicyclic) bond motifs is 1. The molecule has 0 aromatic heterocycles. The predicted octanol–water partition coefficient (Wildman–Crippen LogP) is 2.34. The highest BCUT2D eigenvalue weighted by atomic mass is 79.9. The van der Waals surface area contributed by atoms with Crippen LogP contribution in [0.25, 0.3) is 0 Å². The van der Waals surface area contributed by atoms with Gasteiger partial charge in [-0.1, -0.05) is 13.3 Å². The fraction of sp³-hybridized carbons (Fsp3) is 0.462. The molecule has 7 heteroatoms. The molecule has 0 saturated carbocycles. The first-order valence-electron chi connectivity index (χ1n) is 6.23. The lowest BCUT2D eigenvalue weighted by Gasteiger charge is -2.11. The summed E-state index contributed by atoms with van der Waals surface area (Å²) in [6.07, 6.45) is 1.58. The normalized spacial score (nSPS) is 13.6. The zero-order valence-electron chi connectivity index (χ0n) is 11.1. The van der Waals surface area contributed by atoms with Crippen molar-refractivity contribution in [3.8, 4) is 11.5 Å². The van der Waals surface area contributed by atoms with Crippen molar-refractivity contribution in [2.45, 2.75) is 32.4 Å². The summed E-state index contributed by atoms with van der Waals surface area (Å²) < 4.78 is 11.5. The molecular formula is C13H18BrClN2O3. The Hall–Kier alpha value is -0.980. The number of rotatable bonds is 5. The van der Waals surface area contributed by atoms with Crippen LogP contribution in [0.3, 0.4) is 0 Å². The van der Waals surface area contributed by atoms with E-state index in [-0.39, 0.29) is 25.1 Å². The fourth-order valence-corrected chi connectivity index (χ4v) is 2.49. The third-order valence-corrected chi connectivity index (χ3v) is 3.48. The van der Waals surface area contributed by atoms with Crippen molar-refractivity contribution >= 4 is 34.2 Å². The predicted molar refractivity (Wildman–Crippen MR) is 82.2 cm³/mol. The molecule has 1 aromatic rings. The Morgan fingerprint density at radius 3 is 2.95 bits per heavy atom. The molecule has 0 spiro atoms. The van der Waals surface area contributed by atoms with E-state index in [2.05, 4.69) is 21.2 Å². The van der Waals surface area contributed by atoms with Crippen LogP contribution < -0.4 is 20.5 Å². The Kier molecular flexibility index (Phi) is 6.58. The molecule has 0 aliphatic carbocycles. The van der Waals surface area contributed by atoms with E-state index in [0.29, 0.717) is 24.5 Å². The van der Waals surface area contributed by atoms with Gasteiger partial charge < -0.3 is 20.5 Å². The van der Waals surface area contributed by atoms with E-state index in [0.717, 1.165) is 16.5 Å². The maximum absolute atomic E-state index is 11.7. The van der Waals surface area contributed by atoms with Gasteiger partial charge >= 0.3 is 0 Å². The minimum absolute atomic E-state index is 0. The quantitative estimate of drug-likeness (QED) is 0.840. The van der Waals surface area contributed by atoms with Crippen molar-refractivity contribution in [2.75, 3.05) is 6.79 Å². The highest BCUT2D eigenvalue weighted by molar-refractivity contribution is 9.10. The van der Waals surface area contributed by atoms with Crippen LogP contribution in [-0.2, 0) is 11.3 Å². The van der Waals surface area contributed by atoms with Crippen molar-refractivity contribution < 1.29 is 14.3 Å². The number of amides is 1. The van der Waals surface area contributed by atoms with E-state index < -0.39 is 6.04 Å². The summed E-state index contributed by atoms with van der Waals surface area (Å²) >= 11 is 3.42. The van der Waals surface area contributed by atoms with Gasteiger partial charge in [0.25, 0.3) is 0 Å². The van der Waals surface area contributed by atoms with Gasteiger partial charge in [0, 0.05) is 6.54 Å². The molecule has 112 valence electrons. The SMILES string of the molecule is CCCC(N)C(=O)NCc1cc(Br)c2c(c1)OCO2.Cl. The molecule has 3 N–H and O–H groups in total. The molecule has 2 rings (SSSR count). The van der Waals surface area contributed by atoms with E-state index >= 15 is 0 Å². The first kappa shape index (κ1) is 17.1. The van der Waals surface area contributed by atoms with Crippen molar-refractivity contribution in [3.63, 3.8) is 0 Å². The minimum atomic E-state index is -0.442. The summed E-state index contributed by atoms with van der Waals surface area (Å²) in [5.74, 6) is 1.27. The first-order valence-corrected chi connectivity index (χ1v) is 7.02. The molecule has 0 radical (unpaired) electrons. The molecule has 1 amide bonds. The molecule has 5 nitrogen and oxygen atoms in total. The third-order valence-electron chi connectivity index (χ3n) is 2.89. The zero-order chi connectivity index (χ0) is 13.8. The van der Waals surface area contributed by atoms with E-state index in [4.69, 9.17) is 15.2 Å². The van der Waals surface area contributed by atoms with Gasteiger partial charge in [0.15, 0.2) is 11.5 Å². The highest BCUT2D eigenvalue weighted by Gasteiger charge is 2.18. The molecule has 1 atom stereocenters. The standard InChI is InChI=1S/C13H17BrN2O3.ClH/c1-2-3-10(15)13(17)16-6-8-4-9(14)12-11(5-8)18-7-19-12;/h4-5,10H,2-3,6-7,15H2,1H3,(H,16,17);1H. The number of carbonyl (C=O) groups excluding carboxylic acids is 1. The van der Waals surface area contributed by atoms with Gasteiger partial charge in [-0.2, -0.15) is 0 Å². The van der Waals surface area contributed by atoms with Crippen LogP contribution in [0, 0.1) is 0 Å².